The van der Waals surface area contributed by atoms with Crippen LogP contribution in [0.15, 0.2) is 53.1 Å². The van der Waals surface area contributed by atoms with Crippen LogP contribution in [0, 0.1) is 12.3 Å². The van der Waals surface area contributed by atoms with Gasteiger partial charge in [0, 0.05) is 6.42 Å². The minimum absolute atomic E-state index is 0.857. The summed E-state index contributed by atoms with van der Waals surface area (Å²) in [6, 6.07) is 10.7. The Labute approximate surface area is 118 Å². The van der Waals surface area contributed by atoms with Gasteiger partial charge in [-0.25, -0.2) is 0 Å². The lowest BCUT2D eigenvalue weighted by molar-refractivity contribution is 0.622. The van der Waals surface area contributed by atoms with E-state index in [9.17, 15) is 0 Å². The van der Waals surface area contributed by atoms with Crippen molar-refractivity contribution in [1.82, 2.24) is 0 Å². The third kappa shape index (κ3) is 3.83. The number of allylic oxidation sites excluding steroid dienone is 4. The molecule has 0 saturated heterocycles. The first kappa shape index (κ1) is 14.1. The first-order valence-corrected chi connectivity index (χ1v) is 7.54. The monoisotopic (exact) mass is 253 g/mol. The Morgan fingerprint density at radius 2 is 1.63 bits per heavy atom. The molecule has 0 amide bonds. The standard InChI is InChI=1S/C16H17.C3H8/c1-12-7-15-10-14(11-16(15)8-12)9-13-5-3-2-4-6-13;1-3-2/h2-6,10-12H,7-9H2,1H3;3H2,1-2H3. The molecular formula is C19H25. The van der Waals surface area contributed by atoms with E-state index < -0.39 is 0 Å². The average molecular weight is 253 g/mol. The van der Waals surface area contributed by atoms with E-state index in [0.717, 1.165) is 12.3 Å². The second kappa shape index (κ2) is 6.75. The van der Waals surface area contributed by atoms with Gasteiger partial charge in [0.05, 0.1) is 0 Å². The molecule has 2 aliphatic rings. The molecule has 1 unspecified atom stereocenters. The van der Waals surface area contributed by atoms with Crippen LogP contribution in [0.1, 0.15) is 45.6 Å². The number of benzene rings is 1. The fourth-order valence-corrected chi connectivity index (χ4v) is 2.81. The highest BCUT2D eigenvalue weighted by molar-refractivity contribution is 5.51. The highest BCUT2D eigenvalue weighted by atomic mass is 14.3. The molecule has 0 aliphatic heterocycles. The molecule has 1 radical (unpaired) electrons. The van der Waals surface area contributed by atoms with Gasteiger partial charge in [-0.1, -0.05) is 74.7 Å². The zero-order valence-corrected chi connectivity index (χ0v) is 12.4. The second-order valence-corrected chi connectivity index (χ2v) is 5.80. The van der Waals surface area contributed by atoms with Crippen molar-refractivity contribution < 1.29 is 0 Å². The zero-order valence-electron chi connectivity index (χ0n) is 12.4. The molecule has 2 aliphatic carbocycles. The van der Waals surface area contributed by atoms with Crippen LogP contribution in [0.4, 0.5) is 0 Å². The van der Waals surface area contributed by atoms with Crippen LogP contribution in [0.25, 0.3) is 0 Å². The number of hydrogen-bond acceptors (Lipinski definition) is 0. The maximum atomic E-state index is 2.41. The molecule has 1 atom stereocenters. The summed E-state index contributed by atoms with van der Waals surface area (Å²) in [5, 5.41) is 0. The third-order valence-electron chi connectivity index (χ3n) is 3.52. The van der Waals surface area contributed by atoms with Gasteiger partial charge in [-0.2, -0.15) is 0 Å². The van der Waals surface area contributed by atoms with E-state index in [4.69, 9.17) is 0 Å². The van der Waals surface area contributed by atoms with Crippen LogP contribution in [0.2, 0.25) is 0 Å². The van der Waals surface area contributed by atoms with Crippen LogP contribution in [0.3, 0.4) is 0 Å². The molecule has 101 valence electrons. The van der Waals surface area contributed by atoms with Crippen molar-refractivity contribution in [2.75, 3.05) is 0 Å². The van der Waals surface area contributed by atoms with Gasteiger partial charge in [0.25, 0.3) is 0 Å². The van der Waals surface area contributed by atoms with E-state index in [2.05, 4.69) is 63.6 Å². The van der Waals surface area contributed by atoms with Crippen molar-refractivity contribution in [3.63, 3.8) is 0 Å². The van der Waals surface area contributed by atoms with Gasteiger partial charge in [0.2, 0.25) is 0 Å². The van der Waals surface area contributed by atoms with E-state index >= 15 is 0 Å². The van der Waals surface area contributed by atoms with E-state index in [1.807, 2.05) is 0 Å². The number of hydrogen-bond donors (Lipinski definition) is 0. The summed E-state index contributed by atoms with van der Waals surface area (Å²) in [6.45, 7) is 6.59. The Bertz CT molecular complexity index is 462. The molecule has 1 aromatic rings. The molecule has 0 bridgehead atoms. The summed E-state index contributed by atoms with van der Waals surface area (Å²) in [5.41, 5.74) is 6.10. The Morgan fingerprint density at radius 3 is 2.26 bits per heavy atom. The Hall–Kier alpha value is -1.30. The topological polar surface area (TPSA) is 0 Å². The molecule has 0 saturated carbocycles. The van der Waals surface area contributed by atoms with E-state index in [0.29, 0.717) is 0 Å². The fourth-order valence-electron chi connectivity index (χ4n) is 2.81. The largest absolute Gasteiger partial charge is 0.0656 e. The Morgan fingerprint density at radius 1 is 1.00 bits per heavy atom. The zero-order chi connectivity index (χ0) is 13.7. The predicted octanol–water partition coefficient (Wildman–Crippen LogP) is 5.52. The lowest BCUT2D eigenvalue weighted by atomic mass is 9.98. The molecule has 19 heavy (non-hydrogen) atoms. The van der Waals surface area contributed by atoms with Crippen LogP contribution < -0.4 is 0 Å². The van der Waals surface area contributed by atoms with Crippen molar-refractivity contribution in [2.24, 2.45) is 5.92 Å². The van der Waals surface area contributed by atoms with Crippen molar-refractivity contribution in [3.05, 3.63) is 65.1 Å². The Kier molecular flexibility index (Phi) is 5.01. The lowest BCUT2D eigenvalue weighted by Gasteiger charge is -2.06. The van der Waals surface area contributed by atoms with Crippen LogP contribution in [-0.4, -0.2) is 0 Å². The quantitative estimate of drug-likeness (QED) is 0.651. The van der Waals surface area contributed by atoms with Gasteiger partial charge in [-0.15, -0.1) is 0 Å². The molecule has 0 heteroatoms. The first-order valence-electron chi connectivity index (χ1n) is 7.54. The van der Waals surface area contributed by atoms with Gasteiger partial charge in [0.15, 0.2) is 0 Å². The minimum Gasteiger partial charge on any atom is -0.0656 e. The minimum atomic E-state index is 0.857. The normalized spacial score (nSPS) is 20.8. The van der Waals surface area contributed by atoms with Crippen LogP contribution >= 0.6 is 0 Å². The summed E-state index contributed by atoms with van der Waals surface area (Å²) >= 11 is 0. The maximum absolute atomic E-state index is 2.41. The third-order valence-corrected chi connectivity index (χ3v) is 3.52. The molecule has 0 N–H and O–H groups in total. The van der Waals surface area contributed by atoms with E-state index in [1.54, 1.807) is 11.1 Å². The summed E-state index contributed by atoms with van der Waals surface area (Å²) in [5.74, 6) is 0.857. The van der Waals surface area contributed by atoms with Gasteiger partial charge in [0.1, 0.15) is 0 Å². The van der Waals surface area contributed by atoms with Gasteiger partial charge < -0.3 is 0 Å². The van der Waals surface area contributed by atoms with Gasteiger partial charge >= 0.3 is 0 Å². The summed E-state index contributed by atoms with van der Waals surface area (Å²) in [7, 11) is 0. The molecule has 3 rings (SSSR count). The molecular weight excluding hydrogens is 228 g/mol. The highest BCUT2D eigenvalue weighted by Gasteiger charge is 2.24. The molecule has 0 nitrogen and oxygen atoms in total. The molecule has 0 heterocycles. The predicted molar refractivity (Wildman–Crippen MR) is 83.9 cm³/mol. The van der Waals surface area contributed by atoms with E-state index in [1.165, 1.54) is 30.4 Å². The van der Waals surface area contributed by atoms with Crippen molar-refractivity contribution >= 4 is 0 Å². The van der Waals surface area contributed by atoms with Crippen molar-refractivity contribution in [1.29, 1.82) is 0 Å². The molecule has 1 aromatic carbocycles. The lowest BCUT2D eigenvalue weighted by Crippen LogP contribution is -1.93. The fraction of sp³-hybridized carbons (Fsp3) is 0.421. The van der Waals surface area contributed by atoms with E-state index in [-0.39, 0.29) is 0 Å². The van der Waals surface area contributed by atoms with Crippen molar-refractivity contribution in [3.8, 4) is 0 Å². The smallest absolute Gasteiger partial charge is 0.0123 e. The second-order valence-electron chi connectivity index (χ2n) is 5.80. The summed E-state index contributed by atoms with van der Waals surface area (Å²) < 4.78 is 0. The summed E-state index contributed by atoms with van der Waals surface area (Å²) in [4.78, 5) is 0. The molecule has 0 aromatic heterocycles. The van der Waals surface area contributed by atoms with Crippen LogP contribution in [-0.2, 0) is 6.42 Å². The van der Waals surface area contributed by atoms with Gasteiger partial charge in [-0.3, -0.25) is 0 Å². The Balaban J connectivity index is 0.000000408. The molecule has 0 spiro atoms. The SMILES string of the molecule is CC1CC2=C(C=C(Cc3ccccc3)[CH]2)C1.CCC. The first-order chi connectivity index (χ1) is 9.22. The average Bonchev–Trinajstić information content (AvgIpc) is 2.88. The summed E-state index contributed by atoms with van der Waals surface area (Å²) in [6.07, 6.45) is 9.72. The molecule has 0 fully saturated rings. The number of rotatable bonds is 2. The maximum Gasteiger partial charge on any atom is 0.0123 e. The van der Waals surface area contributed by atoms with Gasteiger partial charge in [-0.05, 0) is 36.3 Å². The van der Waals surface area contributed by atoms with Crippen LogP contribution in [0.5, 0.6) is 0 Å². The van der Waals surface area contributed by atoms with Crippen molar-refractivity contribution in [2.45, 2.75) is 46.5 Å². The highest BCUT2D eigenvalue weighted by Crippen LogP contribution is 2.40.